The Kier molecular flexibility index (Phi) is 6.58. The van der Waals surface area contributed by atoms with E-state index in [1.165, 1.54) is 4.90 Å². The molecule has 0 radical (unpaired) electrons. The van der Waals surface area contributed by atoms with Crippen LogP contribution < -0.4 is 19.7 Å². The SMILES string of the molecule is COc1ccc(/C=C2/NC(=S)N(c3cccc(C)c3)C2=O)cc1COc1cccc(Br)c1. The van der Waals surface area contributed by atoms with E-state index in [9.17, 15) is 4.79 Å². The van der Waals surface area contributed by atoms with Gasteiger partial charge in [-0.05, 0) is 78.8 Å². The first kappa shape index (κ1) is 22.0. The molecule has 1 fully saturated rings. The second-order valence-electron chi connectivity index (χ2n) is 7.29. The van der Waals surface area contributed by atoms with Crippen LogP contribution in [0.15, 0.2) is 76.9 Å². The summed E-state index contributed by atoms with van der Waals surface area (Å²) in [5, 5.41) is 3.39. The lowest BCUT2D eigenvalue weighted by Crippen LogP contribution is -2.30. The van der Waals surface area contributed by atoms with Gasteiger partial charge in [-0.1, -0.05) is 40.2 Å². The van der Waals surface area contributed by atoms with Crippen LogP contribution in [-0.4, -0.2) is 18.1 Å². The molecule has 0 aromatic heterocycles. The molecule has 1 heterocycles. The zero-order chi connectivity index (χ0) is 22.7. The van der Waals surface area contributed by atoms with Gasteiger partial charge in [0.25, 0.3) is 5.91 Å². The monoisotopic (exact) mass is 508 g/mol. The molecule has 32 heavy (non-hydrogen) atoms. The Morgan fingerprint density at radius 1 is 1.09 bits per heavy atom. The Morgan fingerprint density at radius 3 is 2.66 bits per heavy atom. The predicted octanol–water partition coefficient (Wildman–Crippen LogP) is 5.61. The molecule has 0 aliphatic carbocycles. The molecular weight excluding hydrogens is 488 g/mol. The highest BCUT2D eigenvalue weighted by molar-refractivity contribution is 9.10. The molecule has 4 rings (SSSR count). The van der Waals surface area contributed by atoms with Crippen LogP contribution in [0.25, 0.3) is 6.08 Å². The predicted molar refractivity (Wildman–Crippen MR) is 134 cm³/mol. The fraction of sp³-hybridized carbons (Fsp3) is 0.120. The number of methoxy groups -OCH3 is 1. The van der Waals surface area contributed by atoms with E-state index in [1.54, 1.807) is 13.2 Å². The van der Waals surface area contributed by atoms with Crippen LogP contribution in [0.5, 0.6) is 11.5 Å². The first-order valence-corrected chi connectivity index (χ1v) is 11.1. The number of carbonyl (C=O) groups is 1. The Bertz CT molecular complexity index is 1230. The van der Waals surface area contributed by atoms with Crippen molar-refractivity contribution < 1.29 is 14.3 Å². The van der Waals surface area contributed by atoms with E-state index in [0.29, 0.717) is 23.2 Å². The number of rotatable bonds is 6. The number of nitrogens with one attached hydrogen (secondary N) is 1. The minimum absolute atomic E-state index is 0.191. The maximum atomic E-state index is 13.0. The molecule has 0 saturated carbocycles. The number of aryl methyl sites for hydroxylation is 1. The summed E-state index contributed by atoms with van der Waals surface area (Å²) < 4.78 is 12.4. The van der Waals surface area contributed by atoms with Gasteiger partial charge < -0.3 is 14.8 Å². The molecule has 5 nitrogen and oxygen atoms in total. The van der Waals surface area contributed by atoms with Crippen molar-refractivity contribution in [3.8, 4) is 11.5 Å². The normalized spacial score (nSPS) is 14.6. The molecule has 1 amide bonds. The van der Waals surface area contributed by atoms with E-state index >= 15 is 0 Å². The molecular formula is C25H21BrN2O3S. The van der Waals surface area contributed by atoms with E-state index in [2.05, 4.69) is 21.2 Å². The fourth-order valence-electron chi connectivity index (χ4n) is 3.42. The number of hydrogen-bond donors (Lipinski definition) is 1. The molecule has 3 aromatic rings. The lowest BCUT2D eigenvalue weighted by Gasteiger charge is -2.14. The van der Waals surface area contributed by atoms with Crippen LogP contribution in [0.3, 0.4) is 0 Å². The number of ether oxygens (including phenoxy) is 2. The number of thiocarbonyl (C=S) groups is 1. The van der Waals surface area contributed by atoms with Gasteiger partial charge in [0.15, 0.2) is 5.11 Å². The number of nitrogens with zero attached hydrogens (tertiary/aromatic N) is 1. The number of anilines is 1. The quantitative estimate of drug-likeness (QED) is 0.346. The third-order valence-electron chi connectivity index (χ3n) is 4.94. The van der Waals surface area contributed by atoms with E-state index in [0.717, 1.165) is 32.6 Å². The minimum atomic E-state index is -0.191. The second-order valence-corrected chi connectivity index (χ2v) is 8.59. The van der Waals surface area contributed by atoms with Gasteiger partial charge in [0, 0.05) is 10.0 Å². The van der Waals surface area contributed by atoms with Crippen molar-refractivity contribution in [1.82, 2.24) is 5.32 Å². The Balaban J connectivity index is 1.57. The second kappa shape index (κ2) is 9.54. The van der Waals surface area contributed by atoms with Crippen LogP contribution in [0.1, 0.15) is 16.7 Å². The minimum Gasteiger partial charge on any atom is -0.496 e. The highest BCUT2D eigenvalue weighted by atomic mass is 79.9. The molecule has 3 aromatic carbocycles. The average Bonchev–Trinajstić information content (AvgIpc) is 3.05. The topological polar surface area (TPSA) is 50.8 Å². The highest BCUT2D eigenvalue weighted by Crippen LogP contribution is 2.27. The fourth-order valence-corrected chi connectivity index (χ4v) is 4.10. The molecule has 162 valence electrons. The zero-order valence-electron chi connectivity index (χ0n) is 17.6. The number of carbonyl (C=O) groups excluding carboxylic acids is 1. The summed E-state index contributed by atoms with van der Waals surface area (Å²) in [6.07, 6.45) is 1.78. The first-order valence-electron chi connectivity index (χ1n) is 9.93. The van der Waals surface area contributed by atoms with Crippen molar-refractivity contribution in [2.45, 2.75) is 13.5 Å². The standard InChI is InChI=1S/C25H21BrN2O3S/c1-16-5-3-7-20(11-16)28-24(29)22(27-25(28)32)13-17-9-10-23(30-2)18(12-17)15-31-21-8-4-6-19(26)14-21/h3-14H,15H2,1-2H3,(H,27,32)/b22-13+. The molecule has 1 aliphatic rings. The zero-order valence-corrected chi connectivity index (χ0v) is 20.0. The van der Waals surface area contributed by atoms with E-state index in [4.69, 9.17) is 21.7 Å². The van der Waals surface area contributed by atoms with Gasteiger partial charge in [-0.3, -0.25) is 9.69 Å². The Labute approximate surface area is 200 Å². The summed E-state index contributed by atoms with van der Waals surface area (Å²) in [6, 6.07) is 21.0. The van der Waals surface area contributed by atoms with Gasteiger partial charge >= 0.3 is 0 Å². The third kappa shape index (κ3) is 4.84. The lowest BCUT2D eigenvalue weighted by molar-refractivity contribution is -0.113. The van der Waals surface area contributed by atoms with Crippen LogP contribution in [0.4, 0.5) is 5.69 Å². The number of amides is 1. The van der Waals surface area contributed by atoms with Crippen molar-refractivity contribution in [2.75, 3.05) is 12.0 Å². The van der Waals surface area contributed by atoms with Gasteiger partial charge in [0.1, 0.15) is 23.8 Å². The van der Waals surface area contributed by atoms with Gasteiger partial charge in [0.2, 0.25) is 0 Å². The molecule has 1 N–H and O–H groups in total. The summed E-state index contributed by atoms with van der Waals surface area (Å²) in [5.41, 5.74) is 3.92. The largest absolute Gasteiger partial charge is 0.496 e. The summed E-state index contributed by atoms with van der Waals surface area (Å²) in [7, 11) is 1.62. The van der Waals surface area contributed by atoms with Crippen molar-refractivity contribution >= 4 is 50.9 Å². The number of benzene rings is 3. The van der Waals surface area contributed by atoms with Crippen molar-refractivity contribution in [1.29, 1.82) is 0 Å². The maximum absolute atomic E-state index is 13.0. The highest BCUT2D eigenvalue weighted by Gasteiger charge is 2.32. The van der Waals surface area contributed by atoms with Crippen LogP contribution in [-0.2, 0) is 11.4 Å². The van der Waals surface area contributed by atoms with Gasteiger partial charge in [-0.25, -0.2) is 0 Å². The molecule has 1 saturated heterocycles. The van der Waals surface area contributed by atoms with Gasteiger partial charge in [0.05, 0.1) is 12.8 Å². The lowest BCUT2D eigenvalue weighted by atomic mass is 10.1. The van der Waals surface area contributed by atoms with E-state index in [-0.39, 0.29) is 5.91 Å². The summed E-state index contributed by atoms with van der Waals surface area (Å²) >= 11 is 8.86. The summed E-state index contributed by atoms with van der Waals surface area (Å²) in [4.78, 5) is 14.5. The summed E-state index contributed by atoms with van der Waals surface area (Å²) in [6.45, 7) is 2.30. The molecule has 0 bridgehead atoms. The number of hydrogen-bond acceptors (Lipinski definition) is 4. The van der Waals surface area contributed by atoms with Crippen LogP contribution in [0.2, 0.25) is 0 Å². The van der Waals surface area contributed by atoms with E-state index < -0.39 is 0 Å². The third-order valence-corrected chi connectivity index (χ3v) is 5.72. The number of halogens is 1. The Hall–Kier alpha value is -3.16. The Morgan fingerprint density at radius 2 is 1.91 bits per heavy atom. The first-order chi connectivity index (χ1) is 15.4. The maximum Gasteiger partial charge on any atom is 0.281 e. The molecule has 0 spiro atoms. The molecule has 1 aliphatic heterocycles. The van der Waals surface area contributed by atoms with Gasteiger partial charge in [-0.2, -0.15) is 0 Å². The van der Waals surface area contributed by atoms with Crippen LogP contribution >= 0.6 is 28.1 Å². The molecule has 7 heteroatoms. The summed E-state index contributed by atoms with van der Waals surface area (Å²) in [5.74, 6) is 1.27. The molecule has 0 unspecified atom stereocenters. The average molecular weight is 509 g/mol. The van der Waals surface area contributed by atoms with E-state index in [1.807, 2.05) is 73.7 Å². The molecule has 0 atom stereocenters. The smallest absolute Gasteiger partial charge is 0.281 e. The van der Waals surface area contributed by atoms with Crippen molar-refractivity contribution in [3.63, 3.8) is 0 Å². The van der Waals surface area contributed by atoms with Crippen molar-refractivity contribution in [2.24, 2.45) is 0 Å². The van der Waals surface area contributed by atoms with Crippen molar-refractivity contribution in [3.05, 3.63) is 93.6 Å². The van der Waals surface area contributed by atoms with Crippen LogP contribution in [0, 0.1) is 6.92 Å². The van der Waals surface area contributed by atoms with Gasteiger partial charge in [-0.15, -0.1) is 0 Å².